The number of hydrogen-bond donors (Lipinski definition) is 1. The molecule has 17 heavy (non-hydrogen) atoms. The second-order valence-corrected chi connectivity index (χ2v) is 4.86. The molecule has 1 aliphatic rings. The van der Waals surface area contributed by atoms with Gasteiger partial charge in [-0.05, 0) is 5.56 Å². The molecule has 86 valence electrons. The van der Waals surface area contributed by atoms with Gasteiger partial charge < -0.3 is 4.90 Å². The maximum Gasteiger partial charge on any atom is 0.103 e. The first kappa shape index (κ1) is 10.5. The fraction of sp³-hybridized carbons (Fsp3) is 0.250. The molecule has 0 spiro atoms. The summed E-state index contributed by atoms with van der Waals surface area (Å²) in [5.41, 5.74) is 4.52. The minimum Gasteiger partial charge on any atom is -0.327 e. The average Bonchev–Trinajstić information content (AvgIpc) is 2.40. The van der Waals surface area contributed by atoms with Gasteiger partial charge in [-0.3, -0.25) is 0 Å². The molecule has 0 aliphatic carbocycles. The standard InChI is InChI=1S/C16H17N/c1-2-6-14(7-3-1)12-17-11-10-15-8-4-5-9-16(15)13-17/h1-9H,10-13H2/p+1. The highest BCUT2D eigenvalue weighted by molar-refractivity contribution is 5.27. The lowest BCUT2D eigenvalue weighted by molar-refractivity contribution is -0.929. The molecule has 0 bridgehead atoms. The van der Waals surface area contributed by atoms with Crippen LogP contribution < -0.4 is 4.90 Å². The van der Waals surface area contributed by atoms with Crippen LogP contribution in [0.5, 0.6) is 0 Å². The van der Waals surface area contributed by atoms with Crippen LogP contribution in [-0.2, 0) is 19.5 Å². The van der Waals surface area contributed by atoms with Gasteiger partial charge in [-0.25, -0.2) is 0 Å². The van der Waals surface area contributed by atoms with Crippen molar-refractivity contribution < 1.29 is 4.90 Å². The van der Waals surface area contributed by atoms with E-state index in [4.69, 9.17) is 0 Å². The zero-order valence-corrected chi connectivity index (χ0v) is 10.0. The first-order valence-electron chi connectivity index (χ1n) is 6.36. The summed E-state index contributed by atoms with van der Waals surface area (Å²) in [6.45, 7) is 3.58. The van der Waals surface area contributed by atoms with Crippen molar-refractivity contribution in [2.45, 2.75) is 19.5 Å². The van der Waals surface area contributed by atoms with Gasteiger partial charge in [-0.15, -0.1) is 0 Å². The zero-order chi connectivity index (χ0) is 11.5. The van der Waals surface area contributed by atoms with Crippen LogP contribution in [-0.4, -0.2) is 6.54 Å². The fourth-order valence-electron chi connectivity index (χ4n) is 2.68. The summed E-state index contributed by atoms with van der Waals surface area (Å²) >= 11 is 0. The van der Waals surface area contributed by atoms with E-state index in [2.05, 4.69) is 54.6 Å². The SMILES string of the molecule is c1ccc(C[NH+]2CCc3ccccc3C2)cc1. The molecule has 0 radical (unpaired) electrons. The van der Waals surface area contributed by atoms with E-state index in [0.717, 1.165) is 6.54 Å². The lowest BCUT2D eigenvalue weighted by Gasteiger charge is -2.25. The minimum absolute atomic E-state index is 1.15. The summed E-state index contributed by atoms with van der Waals surface area (Å²) < 4.78 is 0. The number of hydrogen-bond acceptors (Lipinski definition) is 0. The second kappa shape index (κ2) is 4.72. The molecule has 0 fully saturated rings. The Morgan fingerprint density at radius 2 is 1.53 bits per heavy atom. The summed E-state index contributed by atoms with van der Waals surface area (Å²) in [7, 11) is 0. The second-order valence-electron chi connectivity index (χ2n) is 4.86. The molecule has 0 saturated heterocycles. The van der Waals surface area contributed by atoms with Gasteiger partial charge in [0.1, 0.15) is 13.1 Å². The van der Waals surface area contributed by atoms with Crippen molar-refractivity contribution in [2.75, 3.05) is 6.54 Å². The third-order valence-corrected chi connectivity index (χ3v) is 3.60. The molecule has 1 nitrogen and oxygen atoms in total. The van der Waals surface area contributed by atoms with Crippen molar-refractivity contribution in [1.82, 2.24) is 0 Å². The largest absolute Gasteiger partial charge is 0.327 e. The highest BCUT2D eigenvalue weighted by Crippen LogP contribution is 2.10. The highest BCUT2D eigenvalue weighted by Gasteiger charge is 2.18. The Bertz CT molecular complexity index is 490. The molecule has 1 N–H and O–H groups in total. The van der Waals surface area contributed by atoms with Crippen molar-refractivity contribution >= 4 is 0 Å². The first-order valence-corrected chi connectivity index (χ1v) is 6.36. The smallest absolute Gasteiger partial charge is 0.103 e. The third-order valence-electron chi connectivity index (χ3n) is 3.60. The summed E-state index contributed by atoms with van der Waals surface area (Å²) in [4.78, 5) is 1.68. The van der Waals surface area contributed by atoms with E-state index in [0.29, 0.717) is 0 Å². The van der Waals surface area contributed by atoms with Crippen LogP contribution in [0.2, 0.25) is 0 Å². The molecule has 1 heterocycles. The van der Waals surface area contributed by atoms with Crippen LogP contribution in [0.25, 0.3) is 0 Å². The van der Waals surface area contributed by atoms with E-state index in [1.54, 1.807) is 10.5 Å². The van der Waals surface area contributed by atoms with Gasteiger partial charge >= 0.3 is 0 Å². The number of nitrogens with one attached hydrogen (secondary N) is 1. The van der Waals surface area contributed by atoms with Gasteiger partial charge in [-0.2, -0.15) is 0 Å². The van der Waals surface area contributed by atoms with Crippen molar-refractivity contribution in [3.8, 4) is 0 Å². The summed E-state index contributed by atoms with van der Waals surface area (Å²) in [5.74, 6) is 0. The Morgan fingerprint density at radius 3 is 2.35 bits per heavy atom. The zero-order valence-electron chi connectivity index (χ0n) is 10.0. The Hall–Kier alpha value is -1.60. The third kappa shape index (κ3) is 2.40. The molecule has 1 aliphatic heterocycles. The Kier molecular flexibility index (Phi) is 2.93. The molecule has 0 saturated carbocycles. The van der Waals surface area contributed by atoms with Crippen molar-refractivity contribution in [3.63, 3.8) is 0 Å². The number of rotatable bonds is 2. The van der Waals surface area contributed by atoms with Gasteiger partial charge in [0.15, 0.2) is 0 Å². The summed E-state index contributed by atoms with van der Waals surface area (Å²) in [6.07, 6.45) is 1.22. The lowest BCUT2D eigenvalue weighted by Crippen LogP contribution is -3.10. The Morgan fingerprint density at radius 1 is 0.824 bits per heavy atom. The van der Waals surface area contributed by atoms with Crippen LogP contribution >= 0.6 is 0 Å². The Balaban J connectivity index is 1.72. The van der Waals surface area contributed by atoms with E-state index in [1.807, 2.05) is 0 Å². The molecule has 3 rings (SSSR count). The molecular formula is C16H18N+. The van der Waals surface area contributed by atoms with Gasteiger partial charge in [0.05, 0.1) is 6.54 Å². The maximum atomic E-state index is 2.28. The van der Waals surface area contributed by atoms with Crippen LogP contribution in [0.1, 0.15) is 16.7 Å². The molecule has 2 aromatic rings. The number of benzene rings is 2. The molecule has 1 unspecified atom stereocenters. The van der Waals surface area contributed by atoms with Crippen LogP contribution in [0.3, 0.4) is 0 Å². The van der Waals surface area contributed by atoms with Crippen LogP contribution in [0.4, 0.5) is 0 Å². The van der Waals surface area contributed by atoms with Gasteiger partial charge in [0, 0.05) is 17.5 Å². The van der Waals surface area contributed by atoms with Crippen molar-refractivity contribution in [1.29, 1.82) is 0 Å². The Labute approximate surface area is 103 Å². The number of fused-ring (bicyclic) bond motifs is 1. The van der Waals surface area contributed by atoms with Gasteiger partial charge in [-0.1, -0.05) is 54.6 Å². The highest BCUT2D eigenvalue weighted by atomic mass is 15.1. The van der Waals surface area contributed by atoms with Crippen LogP contribution in [0, 0.1) is 0 Å². The molecule has 1 heteroatoms. The first-order chi connectivity index (χ1) is 8.42. The molecule has 1 atom stereocenters. The van der Waals surface area contributed by atoms with Gasteiger partial charge in [0.25, 0.3) is 0 Å². The number of quaternary nitrogens is 1. The predicted octanol–water partition coefficient (Wildman–Crippen LogP) is 1.83. The topological polar surface area (TPSA) is 4.44 Å². The van der Waals surface area contributed by atoms with E-state index in [9.17, 15) is 0 Å². The lowest BCUT2D eigenvalue weighted by atomic mass is 9.99. The van der Waals surface area contributed by atoms with E-state index in [1.165, 1.54) is 30.6 Å². The van der Waals surface area contributed by atoms with E-state index >= 15 is 0 Å². The van der Waals surface area contributed by atoms with Crippen LogP contribution in [0.15, 0.2) is 54.6 Å². The van der Waals surface area contributed by atoms with Crippen molar-refractivity contribution in [3.05, 3.63) is 71.3 Å². The maximum absolute atomic E-state index is 2.28. The molecule has 2 aromatic carbocycles. The summed E-state index contributed by atoms with van der Waals surface area (Å²) in [5, 5.41) is 0. The average molecular weight is 224 g/mol. The van der Waals surface area contributed by atoms with E-state index < -0.39 is 0 Å². The predicted molar refractivity (Wildman–Crippen MR) is 69.8 cm³/mol. The van der Waals surface area contributed by atoms with Crippen molar-refractivity contribution in [2.24, 2.45) is 0 Å². The van der Waals surface area contributed by atoms with E-state index in [-0.39, 0.29) is 0 Å². The minimum atomic E-state index is 1.15. The molecule has 0 amide bonds. The molecule has 0 aromatic heterocycles. The quantitative estimate of drug-likeness (QED) is 0.794. The monoisotopic (exact) mass is 224 g/mol. The van der Waals surface area contributed by atoms with Gasteiger partial charge in [0.2, 0.25) is 0 Å². The normalized spacial score (nSPS) is 18.7. The summed E-state index contributed by atoms with van der Waals surface area (Å²) in [6, 6.07) is 19.7. The molecular weight excluding hydrogens is 206 g/mol. The fourth-order valence-corrected chi connectivity index (χ4v) is 2.68.